The van der Waals surface area contributed by atoms with Gasteiger partial charge in [-0.2, -0.15) is 0 Å². The molecule has 0 spiro atoms. The van der Waals surface area contributed by atoms with E-state index in [0.29, 0.717) is 5.88 Å². The van der Waals surface area contributed by atoms with Crippen LogP contribution in [-0.2, 0) is 0 Å². The van der Waals surface area contributed by atoms with E-state index in [9.17, 15) is 0 Å². The zero-order valence-corrected chi connectivity index (χ0v) is 10.1. The molecule has 2 rings (SSSR count). The molecule has 0 aliphatic rings. The summed E-state index contributed by atoms with van der Waals surface area (Å²) in [6.07, 6.45) is 6.03. The fourth-order valence-electron chi connectivity index (χ4n) is 1.47. The highest BCUT2D eigenvalue weighted by Gasteiger charge is 2.19. The Labute approximate surface area is 98.9 Å². The van der Waals surface area contributed by atoms with Crippen LogP contribution >= 0.6 is 11.6 Å². The molecule has 0 unspecified atom stereocenters. The van der Waals surface area contributed by atoms with E-state index in [-0.39, 0.29) is 5.54 Å². The lowest BCUT2D eigenvalue weighted by Gasteiger charge is -2.25. The zero-order valence-electron chi connectivity index (χ0n) is 9.31. The number of aromatic nitrogens is 4. The normalized spacial score (nSPS) is 11.9. The summed E-state index contributed by atoms with van der Waals surface area (Å²) in [5.74, 6) is 1.34. The van der Waals surface area contributed by atoms with E-state index in [2.05, 4.69) is 34.3 Å². The Hall–Kier alpha value is -1.36. The molecule has 0 fully saturated rings. The average Bonchev–Trinajstić information content (AvgIpc) is 2.65. The van der Waals surface area contributed by atoms with Crippen molar-refractivity contribution >= 4 is 23.1 Å². The second kappa shape index (κ2) is 4.25. The summed E-state index contributed by atoms with van der Waals surface area (Å²) in [5, 5.41) is 11.2. The van der Waals surface area contributed by atoms with Crippen LogP contribution in [0.15, 0.2) is 18.7 Å². The quantitative estimate of drug-likeness (QED) is 0.829. The molecule has 0 aliphatic carbocycles. The summed E-state index contributed by atoms with van der Waals surface area (Å²) in [4.78, 5) is 4.27. The summed E-state index contributed by atoms with van der Waals surface area (Å²) in [7, 11) is 0. The summed E-state index contributed by atoms with van der Waals surface area (Å²) in [6.45, 7) is 4.16. The first kappa shape index (κ1) is 11.1. The van der Waals surface area contributed by atoms with Gasteiger partial charge in [0, 0.05) is 23.8 Å². The van der Waals surface area contributed by atoms with Crippen LogP contribution in [0.2, 0.25) is 0 Å². The van der Waals surface area contributed by atoms with E-state index in [1.807, 2.05) is 10.6 Å². The molecular weight excluding hydrogens is 226 g/mol. The maximum atomic E-state index is 5.76. The Kier molecular flexibility index (Phi) is 2.96. The van der Waals surface area contributed by atoms with Gasteiger partial charge in [-0.15, -0.1) is 21.8 Å². The van der Waals surface area contributed by atoms with Crippen LogP contribution in [0, 0.1) is 0 Å². The molecule has 6 heteroatoms. The molecule has 2 heterocycles. The van der Waals surface area contributed by atoms with Crippen molar-refractivity contribution in [3.8, 4) is 0 Å². The molecular formula is C10H14ClN5. The van der Waals surface area contributed by atoms with Gasteiger partial charge >= 0.3 is 0 Å². The van der Waals surface area contributed by atoms with Gasteiger partial charge in [0.05, 0.1) is 0 Å². The first-order valence-electron chi connectivity index (χ1n) is 5.11. The van der Waals surface area contributed by atoms with Crippen LogP contribution in [0.1, 0.15) is 20.3 Å². The fraction of sp³-hybridized carbons (Fsp3) is 0.500. The van der Waals surface area contributed by atoms with Gasteiger partial charge in [-0.3, -0.25) is 4.40 Å². The third kappa shape index (κ3) is 2.24. The molecule has 0 radical (unpaired) electrons. The number of anilines is 1. The van der Waals surface area contributed by atoms with Crippen LogP contribution in [0.5, 0.6) is 0 Å². The number of halogens is 1. The van der Waals surface area contributed by atoms with E-state index in [4.69, 9.17) is 11.6 Å². The summed E-state index contributed by atoms with van der Waals surface area (Å²) >= 11 is 5.76. The topological polar surface area (TPSA) is 55.1 Å². The average molecular weight is 240 g/mol. The standard InChI is InChI=1S/C10H14ClN5/c1-10(2,3-4-11)14-8-9-15-13-7-16(9)6-5-12-8/h5-7H,3-4H2,1-2H3,(H,12,14). The molecule has 1 N–H and O–H groups in total. The summed E-state index contributed by atoms with van der Waals surface area (Å²) in [5.41, 5.74) is 0.618. The summed E-state index contributed by atoms with van der Waals surface area (Å²) in [6, 6.07) is 0. The van der Waals surface area contributed by atoms with E-state index in [1.165, 1.54) is 0 Å². The minimum absolute atomic E-state index is 0.109. The van der Waals surface area contributed by atoms with Crippen LogP contribution < -0.4 is 5.32 Å². The monoisotopic (exact) mass is 239 g/mol. The Morgan fingerprint density at radius 2 is 2.31 bits per heavy atom. The van der Waals surface area contributed by atoms with Crippen LogP contribution in [-0.4, -0.2) is 31.0 Å². The molecule has 0 saturated heterocycles. The van der Waals surface area contributed by atoms with Crippen LogP contribution in [0.25, 0.3) is 5.65 Å². The number of nitrogens with zero attached hydrogens (tertiary/aromatic N) is 4. The van der Waals surface area contributed by atoms with Gasteiger partial charge in [0.1, 0.15) is 6.33 Å². The van der Waals surface area contributed by atoms with Gasteiger partial charge in [0.15, 0.2) is 5.82 Å². The SMILES string of the molecule is CC(C)(CCCl)Nc1nccn2cnnc12. The molecule has 0 atom stereocenters. The number of rotatable bonds is 4. The number of alkyl halides is 1. The third-order valence-corrected chi connectivity index (χ3v) is 2.58. The number of fused-ring (bicyclic) bond motifs is 1. The van der Waals surface area contributed by atoms with Gasteiger partial charge in [-0.25, -0.2) is 4.98 Å². The van der Waals surface area contributed by atoms with Crippen molar-refractivity contribution < 1.29 is 0 Å². The van der Waals surface area contributed by atoms with Crippen molar-refractivity contribution in [2.45, 2.75) is 25.8 Å². The lowest BCUT2D eigenvalue weighted by Crippen LogP contribution is -2.32. The van der Waals surface area contributed by atoms with E-state index in [0.717, 1.165) is 17.9 Å². The van der Waals surface area contributed by atoms with Crippen molar-refractivity contribution in [3.63, 3.8) is 0 Å². The molecule has 0 saturated carbocycles. The maximum Gasteiger partial charge on any atom is 0.203 e. The Morgan fingerprint density at radius 1 is 1.50 bits per heavy atom. The second-order valence-corrected chi connectivity index (χ2v) is 4.66. The zero-order chi connectivity index (χ0) is 11.6. The molecule has 5 nitrogen and oxygen atoms in total. The van der Waals surface area contributed by atoms with Crippen molar-refractivity contribution in [1.29, 1.82) is 0 Å². The Balaban J connectivity index is 2.30. The van der Waals surface area contributed by atoms with Crippen molar-refractivity contribution in [2.75, 3.05) is 11.2 Å². The molecule has 0 aliphatic heterocycles. The first-order valence-corrected chi connectivity index (χ1v) is 5.64. The van der Waals surface area contributed by atoms with Gasteiger partial charge in [0.2, 0.25) is 5.65 Å². The highest BCUT2D eigenvalue weighted by molar-refractivity contribution is 6.17. The second-order valence-electron chi connectivity index (χ2n) is 4.29. The smallest absolute Gasteiger partial charge is 0.203 e. The minimum atomic E-state index is -0.109. The third-order valence-electron chi connectivity index (χ3n) is 2.39. The van der Waals surface area contributed by atoms with Gasteiger partial charge < -0.3 is 5.32 Å². The van der Waals surface area contributed by atoms with E-state index >= 15 is 0 Å². The highest BCUT2D eigenvalue weighted by Crippen LogP contribution is 2.19. The molecule has 16 heavy (non-hydrogen) atoms. The molecule has 0 amide bonds. The van der Waals surface area contributed by atoms with Gasteiger partial charge in [0.25, 0.3) is 0 Å². The lowest BCUT2D eigenvalue weighted by molar-refractivity contribution is 0.548. The highest BCUT2D eigenvalue weighted by atomic mass is 35.5. The van der Waals surface area contributed by atoms with Crippen molar-refractivity contribution in [2.24, 2.45) is 0 Å². The predicted molar refractivity (Wildman–Crippen MR) is 63.8 cm³/mol. The maximum absolute atomic E-state index is 5.76. The Morgan fingerprint density at radius 3 is 3.06 bits per heavy atom. The predicted octanol–water partition coefficient (Wildman–Crippen LogP) is 1.94. The molecule has 2 aromatic rings. The molecule has 2 aromatic heterocycles. The van der Waals surface area contributed by atoms with E-state index in [1.54, 1.807) is 12.5 Å². The number of hydrogen-bond acceptors (Lipinski definition) is 4. The van der Waals surface area contributed by atoms with Crippen molar-refractivity contribution in [1.82, 2.24) is 19.6 Å². The van der Waals surface area contributed by atoms with Crippen LogP contribution in [0.3, 0.4) is 0 Å². The van der Waals surface area contributed by atoms with Gasteiger partial charge in [-0.1, -0.05) is 0 Å². The Bertz CT molecular complexity index is 479. The molecule has 0 aromatic carbocycles. The number of nitrogens with one attached hydrogen (secondary N) is 1. The first-order chi connectivity index (χ1) is 7.62. The van der Waals surface area contributed by atoms with Crippen LogP contribution in [0.4, 0.5) is 5.82 Å². The largest absolute Gasteiger partial charge is 0.362 e. The number of hydrogen-bond donors (Lipinski definition) is 1. The molecule has 86 valence electrons. The minimum Gasteiger partial charge on any atom is -0.362 e. The fourth-order valence-corrected chi connectivity index (χ4v) is 1.94. The van der Waals surface area contributed by atoms with Gasteiger partial charge in [-0.05, 0) is 20.3 Å². The van der Waals surface area contributed by atoms with E-state index < -0.39 is 0 Å². The lowest BCUT2D eigenvalue weighted by atomic mass is 10.0. The molecule has 0 bridgehead atoms. The summed E-state index contributed by atoms with van der Waals surface area (Å²) < 4.78 is 1.83. The van der Waals surface area contributed by atoms with Crippen molar-refractivity contribution in [3.05, 3.63) is 18.7 Å².